The molecule has 0 saturated carbocycles. The first-order chi connectivity index (χ1) is 14.9. The number of aryl methyl sites for hydroxylation is 2. The third-order valence-corrected chi connectivity index (χ3v) is 5.84. The number of hydrogen-bond acceptors (Lipinski definition) is 5. The smallest absolute Gasteiger partial charge is 0.254 e. The second-order valence-electron chi connectivity index (χ2n) is 8.39. The Balaban J connectivity index is 1.72. The minimum absolute atomic E-state index is 0.0198. The van der Waals surface area contributed by atoms with Crippen molar-refractivity contribution in [2.45, 2.75) is 40.2 Å². The zero-order valence-electron chi connectivity index (χ0n) is 18.7. The van der Waals surface area contributed by atoms with Gasteiger partial charge in [0.2, 0.25) is 0 Å². The molecular formula is C24H29N5O2. The van der Waals surface area contributed by atoms with Crippen LogP contribution in [0.15, 0.2) is 22.7 Å². The third-order valence-electron chi connectivity index (χ3n) is 5.84. The summed E-state index contributed by atoms with van der Waals surface area (Å²) >= 11 is 0. The van der Waals surface area contributed by atoms with Crippen molar-refractivity contribution in [3.63, 3.8) is 0 Å². The fourth-order valence-corrected chi connectivity index (χ4v) is 4.16. The number of furan rings is 1. The molecule has 0 unspecified atom stereocenters. The molecule has 0 aromatic carbocycles. The lowest BCUT2D eigenvalue weighted by Crippen LogP contribution is -2.48. The standard InChI is InChI=1S/C24H29N5O2/c1-6-7-8-27-9-11-28(12-10-27)24(30)20-14-22(19-13-17(4)31-18(19)5)26-23-21(20)15-25-29(23)16(2)3/h1,13-16H,7-12H2,2-5H3. The molecule has 3 aromatic rings. The van der Waals surface area contributed by atoms with Crippen LogP contribution in [0.4, 0.5) is 0 Å². The molecule has 0 bridgehead atoms. The molecule has 1 aliphatic rings. The molecule has 162 valence electrons. The maximum Gasteiger partial charge on any atom is 0.254 e. The van der Waals surface area contributed by atoms with Crippen molar-refractivity contribution in [1.29, 1.82) is 0 Å². The molecule has 1 aliphatic heterocycles. The van der Waals surface area contributed by atoms with Crippen LogP contribution >= 0.6 is 0 Å². The summed E-state index contributed by atoms with van der Waals surface area (Å²) in [5.41, 5.74) is 3.01. The van der Waals surface area contributed by atoms with Crippen LogP contribution < -0.4 is 0 Å². The van der Waals surface area contributed by atoms with Gasteiger partial charge in [0.05, 0.1) is 22.8 Å². The van der Waals surface area contributed by atoms with Crippen molar-refractivity contribution >= 4 is 16.9 Å². The number of carbonyl (C=O) groups excluding carboxylic acids is 1. The fourth-order valence-electron chi connectivity index (χ4n) is 4.16. The van der Waals surface area contributed by atoms with E-state index in [-0.39, 0.29) is 11.9 Å². The Morgan fingerprint density at radius 2 is 1.97 bits per heavy atom. The summed E-state index contributed by atoms with van der Waals surface area (Å²) in [7, 11) is 0. The highest BCUT2D eigenvalue weighted by molar-refractivity contribution is 6.06. The SMILES string of the molecule is C#CCCN1CCN(C(=O)c2cc(-c3cc(C)oc3C)nc3c2cnn3C(C)C)CC1. The van der Waals surface area contributed by atoms with Crippen molar-refractivity contribution in [3.8, 4) is 23.6 Å². The zero-order valence-corrected chi connectivity index (χ0v) is 18.7. The van der Waals surface area contributed by atoms with Crippen LogP contribution in [0.3, 0.4) is 0 Å². The van der Waals surface area contributed by atoms with Gasteiger partial charge >= 0.3 is 0 Å². The molecule has 7 heteroatoms. The zero-order chi connectivity index (χ0) is 22.1. The minimum Gasteiger partial charge on any atom is -0.466 e. The lowest BCUT2D eigenvalue weighted by atomic mass is 10.1. The Labute approximate surface area is 183 Å². The van der Waals surface area contributed by atoms with E-state index in [1.807, 2.05) is 35.6 Å². The highest BCUT2D eigenvalue weighted by Crippen LogP contribution is 2.30. The van der Waals surface area contributed by atoms with E-state index < -0.39 is 0 Å². The number of aromatic nitrogens is 3. The summed E-state index contributed by atoms with van der Waals surface area (Å²) in [4.78, 5) is 22.7. The van der Waals surface area contributed by atoms with Gasteiger partial charge in [0.15, 0.2) is 5.65 Å². The average molecular weight is 420 g/mol. The molecule has 0 radical (unpaired) electrons. The van der Waals surface area contributed by atoms with Crippen LogP contribution in [0, 0.1) is 26.2 Å². The maximum absolute atomic E-state index is 13.6. The molecule has 0 N–H and O–H groups in total. The number of amides is 1. The first-order valence-electron chi connectivity index (χ1n) is 10.8. The molecule has 1 fully saturated rings. The van der Waals surface area contributed by atoms with Gasteiger partial charge in [-0.25, -0.2) is 9.67 Å². The molecule has 0 spiro atoms. The van der Waals surface area contributed by atoms with Crippen LogP contribution in [-0.4, -0.2) is 63.2 Å². The monoisotopic (exact) mass is 419 g/mol. The van der Waals surface area contributed by atoms with Crippen LogP contribution in [0.1, 0.15) is 48.2 Å². The number of hydrogen-bond donors (Lipinski definition) is 0. The summed E-state index contributed by atoms with van der Waals surface area (Å²) < 4.78 is 7.59. The van der Waals surface area contributed by atoms with Crippen molar-refractivity contribution in [2.75, 3.05) is 32.7 Å². The normalized spacial score (nSPS) is 15.0. The van der Waals surface area contributed by atoms with E-state index in [4.69, 9.17) is 15.8 Å². The van der Waals surface area contributed by atoms with Crippen LogP contribution in [0.2, 0.25) is 0 Å². The molecule has 0 atom stereocenters. The lowest BCUT2D eigenvalue weighted by molar-refractivity contribution is 0.0642. The minimum atomic E-state index is 0.0198. The van der Waals surface area contributed by atoms with E-state index in [9.17, 15) is 4.79 Å². The number of fused-ring (bicyclic) bond motifs is 1. The Morgan fingerprint density at radius 1 is 1.23 bits per heavy atom. The summed E-state index contributed by atoms with van der Waals surface area (Å²) in [6, 6.07) is 3.99. The quantitative estimate of drug-likeness (QED) is 0.591. The molecule has 0 aliphatic carbocycles. The van der Waals surface area contributed by atoms with Gasteiger partial charge in [-0.2, -0.15) is 5.10 Å². The number of carbonyl (C=O) groups is 1. The molecule has 4 rings (SSSR count). The summed E-state index contributed by atoms with van der Waals surface area (Å²) in [5.74, 6) is 4.32. The number of pyridine rings is 1. The third kappa shape index (κ3) is 4.08. The van der Waals surface area contributed by atoms with E-state index in [2.05, 4.69) is 29.8 Å². The summed E-state index contributed by atoms with van der Waals surface area (Å²) in [6.07, 6.45) is 7.88. The molecule has 7 nitrogen and oxygen atoms in total. The number of rotatable bonds is 5. The van der Waals surface area contributed by atoms with Crippen molar-refractivity contribution in [3.05, 3.63) is 35.4 Å². The van der Waals surface area contributed by atoms with E-state index in [1.165, 1.54) is 0 Å². The van der Waals surface area contributed by atoms with Gasteiger partial charge in [-0.1, -0.05) is 0 Å². The summed E-state index contributed by atoms with van der Waals surface area (Å²) in [6.45, 7) is 11.9. The van der Waals surface area contributed by atoms with Crippen LogP contribution in [0.5, 0.6) is 0 Å². The highest BCUT2D eigenvalue weighted by Gasteiger charge is 2.26. The largest absolute Gasteiger partial charge is 0.466 e. The average Bonchev–Trinajstić information content (AvgIpc) is 3.33. The second-order valence-corrected chi connectivity index (χ2v) is 8.39. The van der Waals surface area contributed by atoms with Gasteiger partial charge in [-0.05, 0) is 39.8 Å². The Hall–Kier alpha value is -3.11. The predicted molar refractivity (Wildman–Crippen MR) is 121 cm³/mol. The van der Waals surface area contributed by atoms with E-state index >= 15 is 0 Å². The molecule has 3 aromatic heterocycles. The van der Waals surface area contributed by atoms with Gasteiger partial charge < -0.3 is 9.32 Å². The van der Waals surface area contributed by atoms with Gasteiger partial charge in [-0.15, -0.1) is 12.3 Å². The maximum atomic E-state index is 13.6. The van der Waals surface area contributed by atoms with Gasteiger partial charge in [0, 0.05) is 50.7 Å². The van der Waals surface area contributed by atoms with Gasteiger partial charge in [0.1, 0.15) is 11.5 Å². The van der Waals surface area contributed by atoms with Crippen molar-refractivity contribution < 1.29 is 9.21 Å². The molecule has 1 amide bonds. The lowest BCUT2D eigenvalue weighted by Gasteiger charge is -2.34. The van der Waals surface area contributed by atoms with E-state index in [0.717, 1.165) is 59.9 Å². The highest BCUT2D eigenvalue weighted by atomic mass is 16.3. The Morgan fingerprint density at radius 3 is 2.58 bits per heavy atom. The Kier molecular flexibility index (Phi) is 5.84. The second kappa shape index (κ2) is 8.56. The van der Waals surface area contributed by atoms with Crippen LogP contribution in [-0.2, 0) is 0 Å². The predicted octanol–water partition coefficient (Wildman–Crippen LogP) is 3.67. The summed E-state index contributed by atoms with van der Waals surface area (Å²) in [5, 5.41) is 5.31. The van der Waals surface area contributed by atoms with E-state index in [0.29, 0.717) is 18.7 Å². The van der Waals surface area contributed by atoms with Gasteiger partial charge in [0.25, 0.3) is 5.91 Å². The molecule has 4 heterocycles. The van der Waals surface area contributed by atoms with E-state index in [1.54, 1.807) is 6.20 Å². The van der Waals surface area contributed by atoms with Crippen LogP contribution in [0.25, 0.3) is 22.3 Å². The number of nitrogens with zero attached hydrogens (tertiary/aromatic N) is 5. The molecule has 1 saturated heterocycles. The molecular weight excluding hydrogens is 390 g/mol. The fraction of sp³-hybridized carbons (Fsp3) is 0.458. The Bertz CT molecular complexity index is 1140. The first kappa shape index (κ1) is 21.1. The van der Waals surface area contributed by atoms with Crippen molar-refractivity contribution in [1.82, 2.24) is 24.6 Å². The molecule has 31 heavy (non-hydrogen) atoms. The number of piperazine rings is 1. The van der Waals surface area contributed by atoms with Gasteiger partial charge in [-0.3, -0.25) is 9.69 Å². The number of terminal acetylenes is 1. The van der Waals surface area contributed by atoms with Crippen molar-refractivity contribution in [2.24, 2.45) is 0 Å². The topological polar surface area (TPSA) is 67.4 Å². The first-order valence-corrected chi connectivity index (χ1v) is 10.8.